The minimum absolute atomic E-state index is 0.00618. The molecule has 4 rings (SSSR count). The van der Waals surface area contributed by atoms with Crippen molar-refractivity contribution in [2.75, 3.05) is 13.1 Å². The SMILES string of the molecule is CC(C)n1nc2n(c(=O)c1=O)C[C@@H]1CCN(C(=O)NC3CCCC3)C[C@@H]21. The van der Waals surface area contributed by atoms with Crippen molar-refractivity contribution in [2.45, 2.75) is 70.5 Å². The molecule has 1 aliphatic carbocycles. The van der Waals surface area contributed by atoms with Gasteiger partial charge >= 0.3 is 17.1 Å². The molecule has 2 fully saturated rings. The average Bonchev–Trinajstić information content (AvgIpc) is 3.24. The Morgan fingerprint density at radius 2 is 1.85 bits per heavy atom. The summed E-state index contributed by atoms with van der Waals surface area (Å²) in [5.74, 6) is 0.955. The van der Waals surface area contributed by atoms with Crippen molar-refractivity contribution < 1.29 is 4.79 Å². The molecule has 2 amide bonds. The Labute approximate surface area is 152 Å². The fraction of sp³-hybridized carbons (Fsp3) is 0.778. The number of rotatable bonds is 2. The van der Waals surface area contributed by atoms with Crippen molar-refractivity contribution in [3.63, 3.8) is 0 Å². The van der Waals surface area contributed by atoms with Crippen molar-refractivity contribution in [1.29, 1.82) is 0 Å². The summed E-state index contributed by atoms with van der Waals surface area (Å²) in [7, 11) is 0. The first-order chi connectivity index (χ1) is 12.5. The highest BCUT2D eigenvalue weighted by Gasteiger charge is 2.41. The van der Waals surface area contributed by atoms with Crippen LogP contribution in [-0.4, -0.2) is 44.4 Å². The second-order valence-corrected chi connectivity index (χ2v) is 8.15. The number of amides is 2. The number of hydrogen-bond donors (Lipinski definition) is 1. The molecule has 1 aromatic heterocycles. The van der Waals surface area contributed by atoms with E-state index in [1.54, 1.807) is 0 Å². The first-order valence-corrected chi connectivity index (χ1v) is 9.74. The molecule has 8 nitrogen and oxygen atoms in total. The first-order valence-electron chi connectivity index (χ1n) is 9.74. The molecule has 1 N–H and O–H groups in total. The summed E-state index contributed by atoms with van der Waals surface area (Å²) in [5, 5.41) is 7.65. The Hall–Kier alpha value is -2.12. The molecule has 8 heteroatoms. The van der Waals surface area contributed by atoms with Crippen molar-refractivity contribution in [3.05, 3.63) is 26.5 Å². The first kappa shape index (κ1) is 17.3. The minimum atomic E-state index is -0.557. The van der Waals surface area contributed by atoms with E-state index >= 15 is 0 Å². The third kappa shape index (κ3) is 2.85. The minimum Gasteiger partial charge on any atom is -0.335 e. The maximum atomic E-state index is 12.6. The monoisotopic (exact) mass is 361 g/mol. The van der Waals surface area contributed by atoms with E-state index in [1.807, 2.05) is 18.7 Å². The van der Waals surface area contributed by atoms with Gasteiger partial charge in [-0.15, -0.1) is 0 Å². The lowest BCUT2D eigenvalue weighted by Crippen LogP contribution is -2.49. The normalized spacial score (nSPS) is 25.4. The summed E-state index contributed by atoms with van der Waals surface area (Å²) >= 11 is 0. The Balaban J connectivity index is 1.57. The summed E-state index contributed by atoms with van der Waals surface area (Å²) in [6, 6.07) is 0.127. The van der Waals surface area contributed by atoms with Crippen LogP contribution < -0.4 is 16.4 Å². The van der Waals surface area contributed by atoms with E-state index in [0.717, 1.165) is 19.3 Å². The predicted octanol–water partition coefficient (Wildman–Crippen LogP) is 1.06. The quantitative estimate of drug-likeness (QED) is 0.798. The lowest BCUT2D eigenvalue weighted by molar-refractivity contribution is 0.157. The van der Waals surface area contributed by atoms with Crippen LogP contribution in [0.1, 0.15) is 63.7 Å². The number of carbonyl (C=O) groups is 1. The molecular formula is C18H27N5O3. The highest BCUT2D eigenvalue weighted by Crippen LogP contribution is 2.37. The van der Waals surface area contributed by atoms with Gasteiger partial charge in [0.25, 0.3) is 0 Å². The molecule has 2 atom stereocenters. The van der Waals surface area contributed by atoms with Gasteiger partial charge in [0.2, 0.25) is 0 Å². The summed E-state index contributed by atoms with van der Waals surface area (Å²) in [6.45, 7) is 5.49. The Morgan fingerprint density at radius 3 is 2.54 bits per heavy atom. The smallest absolute Gasteiger partial charge is 0.332 e. The van der Waals surface area contributed by atoms with Gasteiger partial charge < -0.3 is 10.2 Å². The van der Waals surface area contributed by atoms with E-state index in [-0.39, 0.29) is 23.9 Å². The number of urea groups is 1. The Bertz CT molecular complexity index is 821. The fourth-order valence-corrected chi connectivity index (χ4v) is 4.59. The van der Waals surface area contributed by atoms with Gasteiger partial charge in [-0.1, -0.05) is 12.8 Å². The number of fused-ring (bicyclic) bond motifs is 3. The van der Waals surface area contributed by atoms with Crippen LogP contribution in [0.15, 0.2) is 9.59 Å². The van der Waals surface area contributed by atoms with Crippen LogP contribution in [0, 0.1) is 5.92 Å². The van der Waals surface area contributed by atoms with Crippen LogP contribution in [0.2, 0.25) is 0 Å². The lowest BCUT2D eigenvalue weighted by atomic mass is 9.88. The second-order valence-electron chi connectivity index (χ2n) is 8.15. The Kier molecular flexibility index (Phi) is 4.36. The summed E-state index contributed by atoms with van der Waals surface area (Å²) in [5.41, 5.74) is -1.04. The van der Waals surface area contributed by atoms with Crippen molar-refractivity contribution in [2.24, 2.45) is 5.92 Å². The van der Waals surface area contributed by atoms with E-state index in [1.165, 1.54) is 22.1 Å². The van der Waals surface area contributed by atoms with E-state index in [0.29, 0.717) is 31.5 Å². The molecule has 0 aromatic carbocycles. The molecule has 0 unspecified atom stereocenters. The summed E-state index contributed by atoms with van der Waals surface area (Å²) < 4.78 is 2.82. The highest BCUT2D eigenvalue weighted by molar-refractivity contribution is 5.74. The molecule has 142 valence electrons. The van der Waals surface area contributed by atoms with E-state index in [4.69, 9.17) is 0 Å². The largest absolute Gasteiger partial charge is 0.335 e. The second kappa shape index (κ2) is 6.55. The van der Waals surface area contributed by atoms with Gasteiger partial charge in [-0.3, -0.25) is 14.2 Å². The molecular weight excluding hydrogens is 334 g/mol. The summed E-state index contributed by atoms with van der Waals surface area (Å²) in [4.78, 5) is 39.2. The topological polar surface area (TPSA) is 89.2 Å². The predicted molar refractivity (Wildman–Crippen MR) is 96.4 cm³/mol. The van der Waals surface area contributed by atoms with Crippen LogP contribution in [-0.2, 0) is 6.54 Å². The molecule has 3 heterocycles. The fourth-order valence-electron chi connectivity index (χ4n) is 4.59. The molecule has 1 aromatic rings. The maximum absolute atomic E-state index is 12.6. The highest BCUT2D eigenvalue weighted by atomic mass is 16.2. The van der Waals surface area contributed by atoms with Gasteiger partial charge in [0, 0.05) is 31.6 Å². The number of piperidine rings is 1. The van der Waals surface area contributed by atoms with E-state index in [9.17, 15) is 14.4 Å². The van der Waals surface area contributed by atoms with Crippen LogP contribution >= 0.6 is 0 Å². The zero-order valence-electron chi connectivity index (χ0n) is 15.5. The molecule has 1 saturated carbocycles. The number of nitrogens with zero attached hydrogens (tertiary/aromatic N) is 4. The molecule has 0 radical (unpaired) electrons. The van der Waals surface area contributed by atoms with Crippen molar-refractivity contribution in [1.82, 2.24) is 24.6 Å². The van der Waals surface area contributed by atoms with E-state index < -0.39 is 11.1 Å². The van der Waals surface area contributed by atoms with Crippen LogP contribution in [0.4, 0.5) is 4.79 Å². The van der Waals surface area contributed by atoms with Crippen LogP contribution in [0.5, 0.6) is 0 Å². The molecule has 3 aliphatic rings. The zero-order valence-corrected chi connectivity index (χ0v) is 15.5. The number of nitrogens with one attached hydrogen (secondary N) is 1. The Morgan fingerprint density at radius 1 is 1.12 bits per heavy atom. The lowest BCUT2D eigenvalue weighted by Gasteiger charge is -2.34. The van der Waals surface area contributed by atoms with Crippen LogP contribution in [0.25, 0.3) is 0 Å². The van der Waals surface area contributed by atoms with Crippen molar-refractivity contribution >= 4 is 6.03 Å². The van der Waals surface area contributed by atoms with Crippen LogP contribution in [0.3, 0.4) is 0 Å². The van der Waals surface area contributed by atoms with Gasteiger partial charge in [-0.25, -0.2) is 9.48 Å². The third-order valence-corrected chi connectivity index (χ3v) is 6.09. The zero-order chi connectivity index (χ0) is 18.4. The molecule has 0 spiro atoms. The van der Waals surface area contributed by atoms with Gasteiger partial charge in [-0.2, -0.15) is 5.10 Å². The van der Waals surface area contributed by atoms with Gasteiger partial charge in [0.05, 0.1) is 6.04 Å². The molecule has 2 aliphatic heterocycles. The number of likely N-dealkylation sites (tertiary alicyclic amines) is 1. The number of hydrogen-bond acceptors (Lipinski definition) is 4. The molecule has 1 saturated heterocycles. The van der Waals surface area contributed by atoms with Gasteiger partial charge in [0.1, 0.15) is 5.82 Å². The number of aromatic nitrogens is 3. The third-order valence-electron chi connectivity index (χ3n) is 6.09. The number of carbonyl (C=O) groups excluding carboxylic acids is 1. The molecule has 26 heavy (non-hydrogen) atoms. The van der Waals surface area contributed by atoms with Gasteiger partial charge in [0.15, 0.2) is 0 Å². The van der Waals surface area contributed by atoms with Gasteiger partial charge in [-0.05, 0) is 39.0 Å². The molecule has 0 bridgehead atoms. The summed E-state index contributed by atoms with van der Waals surface area (Å²) in [6.07, 6.45) is 5.32. The van der Waals surface area contributed by atoms with Crippen molar-refractivity contribution in [3.8, 4) is 0 Å². The maximum Gasteiger partial charge on any atom is 0.332 e. The average molecular weight is 361 g/mol. The van der Waals surface area contributed by atoms with E-state index in [2.05, 4.69) is 10.4 Å². The standard InChI is InChI=1S/C18H27N5O3/c1-11(2)23-17(25)16(24)22-9-12-7-8-21(10-14(12)15(22)20-23)18(26)19-13-5-3-4-6-13/h11-14H,3-10H2,1-2H3,(H,19,26)/t12-,14+/m0/s1.